The molecule has 3 N–H and O–H groups in total. The molecule has 1 aliphatic heterocycles. The van der Waals surface area contributed by atoms with Crippen molar-refractivity contribution < 1.29 is 70.7 Å². The summed E-state index contributed by atoms with van der Waals surface area (Å²) in [5.41, 5.74) is 1.45. The lowest BCUT2D eigenvalue weighted by molar-refractivity contribution is -0.870. The Morgan fingerprint density at radius 1 is 1.00 bits per heavy atom. The maximum absolute atomic E-state index is 14.5. The summed E-state index contributed by atoms with van der Waals surface area (Å²) < 4.78 is 40.1. The summed E-state index contributed by atoms with van der Waals surface area (Å²) in [4.78, 5) is 69.6. The summed E-state index contributed by atoms with van der Waals surface area (Å²) in [5, 5.41) is 8.06. The highest BCUT2D eigenvalue weighted by molar-refractivity contribution is 6.38. The number of alkyl halides is 2. The van der Waals surface area contributed by atoms with E-state index in [1.54, 1.807) is 36.4 Å². The number of carbonyl (C=O) groups excluding carboxylic acids is 5. The van der Waals surface area contributed by atoms with Gasteiger partial charge in [0.25, 0.3) is 17.7 Å². The molecule has 1 fully saturated rings. The van der Waals surface area contributed by atoms with E-state index in [9.17, 15) is 32.8 Å². The van der Waals surface area contributed by atoms with E-state index in [0.29, 0.717) is 51.4 Å². The summed E-state index contributed by atoms with van der Waals surface area (Å²) in [6.07, 6.45) is 1.32. The molecule has 0 aliphatic carbocycles. The van der Waals surface area contributed by atoms with Crippen molar-refractivity contribution in [3.05, 3.63) is 59.8 Å². The number of nitrogens with zero attached hydrogens (tertiary/aromatic N) is 3. The van der Waals surface area contributed by atoms with E-state index in [0.717, 1.165) is 11.0 Å². The van der Waals surface area contributed by atoms with Gasteiger partial charge in [0.15, 0.2) is 11.5 Å². The Labute approximate surface area is 305 Å². The summed E-state index contributed by atoms with van der Waals surface area (Å²) in [6, 6.07) is 9.46. The Morgan fingerprint density at radius 2 is 1.72 bits per heavy atom. The third-order valence-corrected chi connectivity index (χ3v) is 7.94. The van der Waals surface area contributed by atoms with Crippen LogP contribution in [0.25, 0.3) is 10.9 Å². The molecule has 4 amide bonds. The molecule has 0 spiro atoms. The molecule has 2 aromatic carbocycles. The highest BCUT2D eigenvalue weighted by Gasteiger charge is 2.51. The van der Waals surface area contributed by atoms with Crippen molar-refractivity contribution in [3.63, 3.8) is 0 Å². The minimum atomic E-state index is -3.42. The van der Waals surface area contributed by atoms with Gasteiger partial charge in [0.1, 0.15) is 6.04 Å². The van der Waals surface area contributed by atoms with E-state index in [1.807, 2.05) is 21.1 Å². The molecule has 3 aromatic rings. The average molecular weight is 811 g/mol. The van der Waals surface area contributed by atoms with E-state index in [-0.39, 0.29) is 42.0 Å². The summed E-state index contributed by atoms with van der Waals surface area (Å²) in [5.74, 6) is -6.78. The van der Waals surface area contributed by atoms with Gasteiger partial charge in [-0.05, 0) is 29.8 Å². The van der Waals surface area contributed by atoms with E-state index in [2.05, 4.69) is 20.9 Å². The Bertz CT molecular complexity index is 1750. The number of quaternary nitrogens is 1. The fourth-order valence-corrected chi connectivity index (χ4v) is 5.48. The molecule has 1 saturated heterocycles. The van der Waals surface area contributed by atoms with Gasteiger partial charge in [0, 0.05) is 37.4 Å². The molecule has 0 saturated carbocycles. The topological polar surface area (TPSA) is 156 Å². The number of rotatable bonds is 14. The molecule has 13 nitrogen and oxygen atoms in total. The molecule has 50 heavy (non-hydrogen) atoms. The number of pyridine rings is 1. The Hall–Kier alpha value is -4.45. The number of hydrogen-bond donors (Lipinski definition) is 3. The van der Waals surface area contributed by atoms with Gasteiger partial charge in [-0.1, -0.05) is 18.2 Å². The second kappa shape index (κ2) is 17.0. The van der Waals surface area contributed by atoms with Crippen LogP contribution in [0.1, 0.15) is 35.2 Å². The van der Waals surface area contributed by atoms with Crippen LogP contribution in [0.5, 0.6) is 11.5 Å². The molecule has 1 atom stereocenters. The number of Topliss-reactive ketones (excluding diaryl/α,β-unsaturated/α-hetero) is 1. The molecule has 1 aliphatic rings. The van der Waals surface area contributed by atoms with Gasteiger partial charge >= 0.3 is 0 Å². The zero-order chi connectivity index (χ0) is 35.9. The molecule has 1 aromatic heterocycles. The van der Waals surface area contributed by atoms with Crippen LogP contribution < -0.4 is 49.4 Å². The molecular formula is C34H41F2IN6O7. The van der Waals surface area contributed by atoms with Crippen LogP contribution >= 0.6 is 0 Å². The van der Waals surface area contributed by atoms with E-state index >= 15 is 0 Å². The van der Waals surface area contributed by atoms with Gasteiger partial charge in [0.05, 0.1) is 71.8 Å². The van der Waals surface area contributed by atoms with Gasteiger partial charge in [-0.25, -0.2) is 8.78 Å². The largest absolute Gasteiger partial charge is 1.00 e. The standard InChI is InChI=1S/C34H40F2N6O7.HI/c1-42(2,3)15-7-10-28(43)40-24-9-6-8-22-23(13-14-37-30(22)24)32(46)39-19-29(44)41-20-34(35,36)17-25(41)31(45)33(47)38-18-21-11-12-26(48-4)27(16-21)49-5;/h6,8-9,11-14,16,25H,7,10,15,17-20H2,1-5H3,(H2-,38,39,40,43,46,47);1H/t25-;/m0./s1. The lowest BCUT2D eigenvalue weighted by Crippen LogP contribution is -3.00. The molecule has 0 unspecified atom stereocenters. The number of fused-ring (bicyclic) bond motifs is 1. The average Bonchev–Trinajstić information content (AvgIpc) is 3.39. The fraction of sp³-hybridized carbons (Fsp3) is 0.412. The van der Waals surface area contributed by atoms with Crippen LogP contribution in [0.15, 0.2) is 48.7 Å². The first-order chi connectivity index (χ1) is 23.1. The molecule has 16 heteroatoms. The molecule has 4 rings (SSSR count). The number of hydrogen-bond acceptors (Lipinski definition) is 8. The Morgan fingerprint density at radius 3 is 2.40 bits per heavy atom. The number of carbonyl (C=O) groups is 5. The molecule has 2 heterocycles. The van der Waals surface area contributed by atoms with Crippen molar-refractivity contribution in [2.24, 2.45) is 0 Å². The SMILES string of the molecule is COc1ccc(CNC(=O)C(=O)[C@@H]2CC(F)(F)CN2C(=O)CNC(=O)c2ccnc3c(NC(=O)CCC[N+](C)(C)C)cccc23)cc1OC.[I-]. The van der Waals surface area contributed by atoms with Crippen LogP contribution in [0.2, 0.25) is 0 Å². The van der Waals surface area contributed by atoms with Crippen LogP contribution in [-0.4, -0.2) is 111 Å². The maximum atomic E-state index is 14.5. The number of halogens is 3. The van der Waals surface area contributed by atoms with Gasteiger partial charge in [-0.2, -0.15) is 0 Å². The number of nitrogens with one attached hydrogen (secondary N) is 3. The highest BCUT2D eigenvalue weighted by atomic mass is 127. The number of likely N-dealkylation sites (tertiary alicyclic amines) is 1. The van der Waals surface area contributed by atoms with Crippen LogP contribution in [0.3, 0.4) is 0 Å². The number of para-hydroxylation sites is 1. The number of benzene rings is 2. The summed E-state index contributed by atoms with van der Waals surface area (Å²) in [6.45, 7) is -1.10. The third-order valence-electron chi connectivity index (χ3n) is 7.94. The van der Waals surface area contributed by atoms with Gasteiger partial charge < -0.3 is 58.8 Å². The molecule has 270 valence electrons. The first-order valence-corrected chi connectivity index (χ1v) is 15.6. The number of methoxy groups -OCH3 is 2. The fourth-order valence-electron chi connectivity index (χ4n) is 5.48. The number of aromatic nitrogens is 1. The third kappa shape index (κ3) is 10.3. The predicted molar refractivity (Wildman–Crippen MR) is 176 cm³/mol. The lowest BCUT2D eigenvalue weighted by atomic mass is 10.1. The number of anilines is 1. The summed E-state index contributed by atoms with van der Waals surface area (Å²) >= 11 is 0. The Kier molecular flexibility index (Phi) is 13.6. The lowest BCUT2D eigenvalue weighted by Gasteiger charge is -2.23. The zero-order valence-corrected chi connectivity index (χ0v) is 30.6. The van der Waals surface area contributed by atoms with Gasteiger partial charge in [-0.15, -0.1) is 0 Å². The first-order valence-electron chi connectivity index (χ1n) is 15.6. The quantitative estimate of drug-likeness (QED) is 0.112. The highest BCUT2D eigenvalue weighted by Crippen LogP contribution is 2.33. The van der Waals surface area contributed by atoms with E-state index < -0.39 is 55.0 Å². The predicted octanol–water partition coefficient (Wildman–Crippen LogP) is -0.468. The molecule has 0 radical (unpaired) electrons. The van der Waals surface area contributed by atoms with Crippen LogP contribution in [-0.2, 0) is 25.7 Å². The van der Waals surface area contributed by atoms with Gasteiger partial charge in [0.2, 0.25) is 17.6 Å². The smallest absolute Gasteiger partial charge is 0.289 e. The van der Waals surface area contributed by atoms with Crippen molar-refractivity contribution in [3.8, 4) is 11.5 Å². The monoisotopic (exact) mass is 810 g/mol. The first kappa shape index (κ1) is 40.0. The van der Waals surface area contributed by atoms with E-state index in [1.165, 1.54) is 26.5 Å². The van der Waals surface area contributed by atoms with Gasteiger partial charge in [-0.3, -0.25) is 29.0 Å². The number of ether oxygens (including phenoxy) is 2. The minimum Gasteiger partial charge on any atom is -1.00 e. The second-order valence-electron chi connectivity index (χ2n) is 12.7. The zero-order valence-electron chi connectivity index (χ0n) is 28.5. The minimum absolute atomic E-state index is 0. The van der Waals surface area contributed by atoms with E-state index in [4.69, 9.17) is 9.47 Å². The van der Waals surface area contributed by atoms with Crippen LogP contribution in [0.4, 0.5) is 14.5 Å². The normalized spacial score (nSPS) is 15.1. The summed E-state index contributed by atoms with van der Waals surface area (Å²) in [7, 11) is 9.00. The maximum Gasteiger partial charge on any atom is 0.289 e. The van der Waals surface area contributed by atoms with Crippen molar-refractivity contribution in [2.45, 2.75) is 37.8 Å². The number of ketones is 1. The van der Waals surface area contributed by atoms with Crippen molar-refractivity contribution in [1.82, 2.24) is 20.5 Å². The number of amides is 4. The second-order valence-corrected chi connectivity index (χ2v) is 12.7. The van der Waals surface area contributed by atoms with Crippen molar-refractivity contribution in [2.75, 3.05) is 60.3 Å². The molecule has 0 bridgehead atoms. The van der Waals surface area contributed by atoms with Crippen molar-refractivity contribution in [1.29, 1.82) is 0 Å². The van der Waals surface area contributed by atoms with Crippen LogP contribution in [0, 0.1) is 0 Å². The van der Waals surface area contributed by atoms with Crippen molar-refractivity contribution >= 4 is 46.0 Å². The molecular weight excluding hydrogens is 769 g/mol. The Balaban J connectivity index is 0.00000676.